The third-order valence-electron chi connectivity index (χ3n) is 6.96. The van der Waals surface area contributed by atoms with Crippen molar-refractivity contribution in [3.05, 3.63) is 109 Å². The standard InChI is InChI=1S/C32H18N2S2/c1-3-7-25-19(5-1)9-11-21-17-23(13-15-27(21)25)29-33-31-32(35-29)34-30(36-31)24-14-16-28-22(18-24)12-10-20-6-2-4-8-26(20)28/h1-18H. The van der Waals surface area contributed by atoms with Crippen molar-refractivity contribution >= 4 is 75.4 Å². The van der Waals surface area contributed by atoms with E-state index in [1.54, 1.807) is 22.7 Å². The first kappa shape index (κ1) is 20.1. The van der Waals surface area contributed by atoms with Crippen LogP contribution in [0.2, 0.25) is 0 Å². The SMILES string of the molecule is c1ccc2c(c1)ccc1cc(-c3nc4sc(-c5ccc6c(ccc7ccccc76)c5)nc4s3)ccc12. The van der Waals surface area contributed by atoms with Crippen molar-refractivity contribution in [3.8, 4) is 21.1 Å². The number of hydrogen-bond donors (Lipinski definition) is 0. The molecule has 4 heteroatoms. The van der Waals surface area contributed by atoms with E-state index in [-0.39, 0.29) is 0 Å². The third-order valence-corrected chi connectivity index (χ3v) is 9.09. The van der Waals surface area contributed by atoms with Gasteiger partial charge in [-0.1, -0.05) is 120 Å². The van der Waals surface area contributed by atoms with Crippen LogP contribution < -0.4 is 0 Å². The molecule has 0 atom stereocenters. The van der Waals surface area contributed by atoms with Crippen molar-refractivity contribution in [1.82, 2.24) is 9.97 Å². The van der Waals surface area contributed by atoms with E-state index < -0.39 is 0 Å². The van der Waals surface area contributed by atoms with Gasteiger partial charge in [-0.2, -0.15) is 0 Å². The lowest BCUT2D eigenvalue weighted by molar-refractivity contribution is 1.49. The van der Waals surface area contributed by atoms with Crippen LogP contribution in [0, 0.1) is 0 Å². The Morgan fingerprint density at radius 3 is 1.31 bits per heavy atom. The van der Waals surface area contributed by atoms with Crippen molar-refractivity contribution in [2.24, 2.45) is 0 Å². The van der Waals surface area contributed by atoms with Gasteiger partial charge in [-0.3, -0.25) is 0 Å². The van der Waals surface area contributed by atoms with Gasteiger partial charge in [-0.05, 0) is 55.2 Å². The molecule has 168 valence electrons. The fraction of sp³-hybridized carbons (Fsp3) is 0. The summed E-state index contributed by atoms with van der Waals surface area (Å²) in [6.07, 6.45) is 0. The molecule has 0 aliphatic rings. The third kappa shape index (κ3) is 3.08. The summed E-state index contributed by atoms with van der Waals surface area (Å²) in [7, 11) is 0. The van der Waals surface area contributed by atoms with Gasteiger partial charge in [0.15, 0.2) is 9.66 Å². The Morgan fingerprint density at radius 2 is 0.806 bits per heavy atom. The highest BCUT2D eigenvalue weighted by Crippen LogP contribution is 2.39. The lowest BCUT2D eigenvalue weighted by Gasteiger charge is -2.05. The van der Waals surface area contributed by atoms with Crippen LogP contribution in [-0.4, -0.2) is 9.97 Å². The van der Waals surface area contributed by atoms with Crippen molar-refractivity contribution in [2.75, 3.05) is 0 Å². The lowest BCUT2D eigenvalue weighted by Crippen LogP contribution is -1.81. The Morgan fingerprint density at radius 1 is 0.389 bits per heavy atom. The number of thiazole rings is 2. The number of hydrogen-bond acceptors (Lipinski definition) is 4. The van der Waals surface area contributed by atoms with Gasteiger partial charge in [0, 0.05) is 11.1 Å². The van der Waals surface area contributed by atoms with E-state index >= 15 is 0 Å². The van der Waals surface area contributed by atoms with Crippen molar-refractivity contribution in [2.45, 2.75) is 0 Å². The molecule has 0 radical (unpaired) electrons. The second-order valence-electron chi connectivity index (χ2n) is 9.09. The second kappa shape index (κ2) is 7.69. The smallest absolute Gasteiger partial charge is 0.155 e. The molecule has 0 fully saturated rings. The van der Waals surface area contributed by atoms with E-state index in [0.29, 0.717) is 0 Å². The fourth-order valence-corrected chi connectivity index (χ4v) is 7.22. The first-order valence-corrected chi connectivity index (χ1v) is 13.5. The Balaban J connectivity index is 1.18. The van der Waals surface area contributed by atoms with E-state index in [1.165, 1.54) is 43.1 Å². The van der Waals surface area contributed by atoms with Crippen LogP contribution in [0.15, 0.2) is 109 Å². The fourth-order valence-electron chi connectivity index (χ4n) is 5.18. The molecule has 0 saturated carbocycles. The first-order chi connectivity index (χ1) is 17.8. The number of nitrogens with zero attached hydrogens (tertiary/aromatic N) is 2. The maximum atomic E-state index is 4.98. The summed E-state index contributed by atoms with van der Waals surface area (Å²) in [5.74, 6) is 0. The van der Waals surface area contributed by atoms with Gasteiger partial charge in [-0.15, -0.1) is 0 Å². The largest absolute Gasteiger partial charge is 0.223 e. The minimum Gasteiger partial charge on any atom is -0.223 e. The van der Waals surface area contributed by atoms with Crippen LogP contribution >= 0.6 is 22.7 Å². The van der Waals surface area contributed by atoms with Crippen LogP contribution in [0.1, 0.15) is 0 Å². The van der Waals surface area contributed by atoms with Crippen molar-refractivity contribution in [1.29, 1.82) is 0 Å². The molecule has 0 spiro atoms. The van der Waals surface area contributed by atoms with Gasteiger partial charge in [0.05, 0.1) is 0 Å². The Hall–Kier alpha value is -4.12. The zero-order valence-corrected chi connectivity index (χ0v) is 20.7. The molecule has 6 aromatic carbocycles. The summed E-state index contributed by atoms with van der Waals surface area (Å²) in [5.41, 5.74) is 2.29. The molecule has 0 amide bonds. The molecule has 2 heterocycles. The van der Waals surface area contributed by atoms with E-state index in [2.05, 4.69) is 109 Å². The average molecular weight is 495 g/mol. The molecule has 8 aromatic rings. The first-order valence-electron chi connectivity index (χ1n) is 11.9. The minimum absolute atomic E-state index is 1.00. The minimum atomic E-state index is 1.00. The molecule has 2 nitrogen and oxygen atoms in total. The highest BCUT2D eigenvalue weighted by molar-refractivity contribution is 7.29. The normalized spacial score (nSPS) is 11.9. The Bertz CT molecular complexity index is 1940. The van der Waals surface area contributed by atoms with Gasteiger partial charge in [-0.25, -0.2) is 9.97 Å². The number of benzene rings is 6. The van der Waals surface area contributed by atoms with Gasteiger partial charge >= 0.3 is 0 Å². The van der Waals surface area contributed by atoms with Crippen LogP contribution in [0.5, 0.6) is 0 Å². The maximum Gasteiger partial charge on any atom is 0.155 e. The molecule has 0 bridgehead atoms. The summed E-state index contributed by atoms with van der Waals surface area (Å²) in [5, 5.41) is 12.2. The number of aromatic nitrogens is 2. The molecule has 2 aromatic heterocycles. The van der Waals surface area contributed by atoms with Gasteiger partial charge < -0.3 is 0 Å². The zero-order valence-electron chi connectivity index (χ0n) is 19.1. The number of fused-ring (bicyclic) bond motifs is 7. The molecule has 0 N–H and O–H groups in total. The summed E-state index contributed by atoms with van der Waals surface area (Å²) in [4.78, 5) is 12.0. The summed E-state index contributed by atoms with van der Waals surface area (Å²) < 4.78 is 0. The Labute approximate surface area is 215 Å². The monoisotopic (exact) mass is 494 g/mol. The van der Waals surface area contributed by atoms with Crippen LogP contribution in [-0.2, 0) is 0 Å². The highest BCUT2D eigenvalue weighted by Gasteiger charge is 2.14. The lowest BCUT2D eigenvalue weighted by atomic mass is 10.0. The van der Waals surface area contributed by atoms with Crippen LogP contribution in [0.3, 0.4) is 0 Å². The number of rotatable bonds is 2. The molecule has 0 aliphatic heterocycles. The van der Waals surface area contributed by atoms with E-state index in [4.69, 9.17) is 9.97 Å². The van der Waals surface area contributed by atoms with Crippen LogP contribution in [0.25, 0.3) is 73.9 Å². The maximum absolute atomic E-state index is 4.98. The summed E-state index contributed by atoms with van der Waals surface area (Å²) in [6, 6.07) is 39.2. The predicted octanol–water partition coefficient (Wildman–Crippen LogP) is 9.70. The molecule has 0 saturated heterocycles. The van der Waals surface area contributed by atoms with Gasteiger partial charge in [0.1, 0.15) is 10.0 Å². The molecule has 0 unspecified atom stereocenters. The topological polar surface area (TPSA) is 25.8 Å². The summed E-state index contributed by atoms with van der Waals surface area (Å²) >= 11 is 3.34. The second-order valence-corrected chi connectivity index (χ2v) is 11.0. The van der Waals surface area contributed by atoms with Gasteiger partial charge in [0.2, 0.25) is 0 Å². The molecule has 0 aliphatic carbocycles. The van der Waals surface area contributed by atoms with Crippen LogP contribution in [0.4, 0.5) is 0 Å². The average Bonchev–Trinajstić information content (AvgIpc) is 3.52. The van der Waals surface area contributed by atoms with E-state index in [0.717, 1.165) is 30.8 Å². The van der Waals surface area contributed by atoms with E-state index in [1.807, 2.05) is 0 Å². The van der Waals surface area contributed by atoms with Crippen molar-refractivity contribution in [3.63, 3.8) is 0 Å². The zero-order chi connectivity index (χ0) is 23.6. The van der Waals surface area contributed by atoms with E-state index in [9.17, 15) is 0 Å². The predicted molar refractivity (Wildman–Crippen MR) is 156 cm³/mol. The summed E-state index contributed by atoms with van der Waals surface area (Å²) in [6.45, 7) is 0. The highest BCUT2D eigenvalue weighted by atomic mass is 32.1. The molecule has 8 rings (SSSR count). The van der Waals surface area contributed by atoms with Crippen molar-refractivity contribution < 1.29 is 0 Å². The molecular weight excluding hydrogens is 477 g/mol. The molecular formula is C32H18N2S2. The Kier molecular flexibility index (Phi) is 4.30. The van der Waals surface area contributed by atoms with Gasteiger partial charge in [0.25, 0.3) is 0 Å². The quantitative estimate of drug-likeness (QED) is 0.224. The molecule has 36 heavy (non-hydrogen) atoms.